The van der Waals surface area contributed by atoms with Gasteiger partial charge in [-0.1, -0.05) is 0 Å². The van der Waals surface area contributed by atoms with Crippen molar-refractivity contribution in [3.05, 3.63) is 24.0 Å². The number of rotatable bonds is 5. The fourth-order valence-electron chi connectivity index (χ4n) is 1.93. The van der Waals surface area contributed by atoms with Gasteiger partial charge in [0.15, 0.2) is 0 Å². The van der Waals surface area contributed by atoms with Crippen LogP contribution >= 0.6 is 0 Å². The number of carbonyl (C=O) groups excluding carboxylic acids is 1. The van der Waals surface area contributed by atoms with Crippen LogP contribution in [-0.4, -0.2) is 26.5 Å². The minimum Gasteiger partial charge on any atom is -0.481 e. The van der Waals surface area contributed by atoms with E-state index in [9.17, 15) is 14.0 Å². The van der Waals surface area contributed by atoms with Crippen LogP contribution in [-0.2, 0) is 16.1 Å². The summed E-state index contributed by atoms with van der Waals surface area (Å²) >= 11 is 0. The van der Waals surface area contributed by atoms with E-state index < -0.39 is 17.7 Å². The van der Waals surface area contributed by atoms with Crippen LogP contribution in [0.25, 0.3) is 11.0 Å². The molecule has 0 radical (unpaired) electrons. The summed E-state index contributed by atoms with van der Waals surface area (Å²) < 4.78 is 14.9. The molecule has 0 spiro atoms. The molecule has 0 unspecified atom stereocenters. The Balaban J connectivity index is 2.25. The lowest BCUT2D eigenvalue weighted by molar-refractivity contribution is -0.138. The molecule has 1 aromatic carbocycles. The van der Waals surface area contributed by atoms with Gasteiger partial charge in [0.25, 0.3) is 0 Å². The lowest BCUT2D eigenvalue weighted by Gasteiger charge is -2.06. The second-order valence-electron chi connectivity index (χ2n) is 4.25. The first kappa shape index (κ1) is 14.0. The average Bonchev–Trinajstić information content (AvgIpc) is 2.72. The minimum absolute atomic E-state index is 0.128. The summed E-state index contributed by atoms with van der Waals surface area (Å²) in [6.45, 7) is 2.42. The molecule has 7 heteroatoms. The number of aromatic nitrogens is 2. The Kier molecular flexibility index (Phi) is 3.97. The van der Waals surface area contributed by atoms with E-state index in [1.54, 1.807) is 10.6 Å². The third kappa shape index (κ3) is 2.93. The molecule has 0 atom stereocenters. The highest BCUT2D eigenvalue weighted by Crippen LogP contribution is 2.20. The Morgan fingerprint density at radius 1 is 1.40 bits per heavy atom. The fraction of sp³-hybridized carbons (Fsp3) is 0.308. The SMILES string of the molecule is CCn1c(NC(=O)CCC(=O)O)nc2cc(F)ccc21. The zero-order valence-electron chi connectivity index (χ0n) is 10.9. The maximum atomic E-state index is 13.2. The number of hydrogen-bond acceptors (Lipinski definition) is 3. The van der Waals surface area contributed by atoms with Crippen molar-refractivity contribution >= 4 is 28.9 Å². The van der Waals surface area contributed by atoms with Crippen LogP contribution in [0.4, 0.5) is 10.3 Å². The average molecular weight is 279 g/mol. The van der Waals surface area contributed by atoms with E-state index in [4.69, 9.17) is 5.11 Å². The largest absolute Gasteiger partial charge is 0.481 e. The molecule has 0 aliphatic rings. The van der Waals surface area contributed by atoms with Gasteiger partial charge in [-0.3, -0.25) is 14.9 Å². The van der Waals surface area contributed by atoms with E-state index in [2.05, 4.69) is 10.3 Å². The van der Waals surface area contributed by atoms with Gasteiger partial charge in [0, 0.05) is 19.0 Å². The van der Waals surface area contributed by atoms with Crippen LogP contribution in [0.5, 0.6) is 0 Å². The van der Waals surface area contributed by atoms with Crippen molar-refractivity contribution < 1.29 is 19.1 Å². The van der Waals surface area contributed by atoms with E-state index in [0.717, 1.165) is 0 Å². The van der Waals surface area contributed by atoms with Gasteiger partial charge < -0.3 is 9.67 Å². The maximum Gasteiger partial charge on any atom is 0.303 e. The van der Waals surface area contributed by atoms with Gasteiger partial charge in [0.05, 0.1) is 17.5 Å². The number of benzene rings is 1. The summed E-state index contributed by atoms with van der Waals surface area (Å²) in [5.41, 5.74) is 1.16. The smallest absolute Gasteiger partial charge is 0.303 e. The molecule has 0 fully saturated rings. The van der Waals surface area contributed by atoms with Crippen LogP contribution in [0.1, 0.15) is 19.8 Å². The molecule has 0 saturated heterocycles. The highest BCUT2D eigenvalue weighted by molar-refractivity contribution is 5.93. The molecular weight excluding hydrogens is 265 g/mol. The number of anilines is 1. The number of carboxylic acid groups (broad SMARTS) is 1. The Labute approximate surface area is 114 Å². The monoisotopic (exact) mass is 279 g/mol. The van der Waals surface area contributed by atoms with Crippen LogP contribution < -0.4 is 5.32 Å². The van der Waals surface area contributed by atoms with Crippen LogP contribution in [0.15, 0.2) is 18.2 Å². The predicted octanol–water partition coefficient (Wildman–Crippen LogP) is 2.00. The normalized spacial score (nSPS) is 10.7. The van der Waals surface area contributed by atoms with E-state index in [0.29, 0.717) is 23.5 Å². The molecule has 6 nitrogen and oxygen atoms in total. The third-order valence-corrected chi connectivity index (χ3v) is 2.84. The summed E-state index contributed by atoms with van der Waals surface area (Å²) in [6.07, 6.45) is -0.372. The molecule has 0 aliphatic heterocycles. The number of fused-ring (bicyclic) bond motifs is 1. The fourth-order valence-corrected chi connectivity index (χ4v) is 1.93. The molecule has 0 saturated carbocycles. The van der Waals surface area contributed by atoms with E-state index in [1.165, 1.54) is 12.1 Å². The predicted molar refractivity (Wildman–Crippen MR) is 70.9 cm³/mol. The Morgan fingerprint density at radius 2 is 2.15 bits per heavy atom. The number of nitrogens with zero attached hydrogens (tertiary/aromatic N) is 2. The van der Waals surface area contributed by atoms with Crippen molar-refractivity contribution in [3.63, 3.8) is 0 Å². The Hall–Kier alpha value is -2.44. The van der Waals surface area contributed by atoms with Gasteiger partial charge in [0.2, 0.25) is 11.9 Å². The Morgan fingerprint density at radius 3 is 2.80 bits per heavy atom. The number of imidazole rings is 1. The van der Waals surface area contributed by atoms with Crippen molar-refractivity contribution in [2.24, 2.45) is 0 Å². The van der Waals surface area contributed by atoms with Crippen LogP contribution in [0, 0.1) is 5.82 Å². The first-order valence-corrected chi connectivity index (χ1v) is 6.18. The number of carbonyl (C=O) groups is 2. The van der Waals surface area contributed by atoms with Crippen molar-refractivity contribution in [2.75, 3.05) is 5.32 Å². The number of hydrogen-bond donors (Lipinski definition) is 2. The van der Waals surface area contributed by atoms with Gasteiger partial charge in [0.1, 0.15) is 5.82 Å². The van der Waals surface area contributed by atoms with Crippen molar-refractivity contribution in [2.45, 2.75) is 26.3 Å². The van der Waals surface area contributed by atoms with Crippen molar-refractivity contribution in [1.82, 2.24) is 9.55 Å². The zero-order valence-corrected chi connectivity index (χ0v) is 10.9. The first-order chi connectivity index (χ1) is 9.51. The third-order valence-electron chi connectivity index (χ3n) is 2.84. The summed E-state index contributed by atoms with van der Waals surface area (Å²) in [7, 11) is 0. The zero-order chi connectivity index (χ0) is 14.7. The number of aryl methyl sites for hydroxylation is 1. The van der Waals surface area contributed by atoms with E-state index in [-0.39, 0.29) is 12.8 Å². The van der Waals surface area contributed by atoms with Crippen LogP contribution in [0.3, 0.4) is 0 Å². The summed E-state index contributed by atoms with van der Waals surface area (Å²) in [5.74, 6) is -1.57. The van der Waals surface area contributed by atoms with E-state index >= 15 is 0 Å². The highest BCUT2D eigenvalue weighted by Gasteiger charge is 2.13. The molecule has 2 N–H and O–H groups in total. The molecule has 1 aromatic heterocycles. The van der Waals surface area contributed by atoms with Gasteiger partial charge in [-0.2, -0.15) is 0 Å². The quantitative estimate of drug-likeness (QED) is 0.876. The summed E-state index contributed by atoms with van der Waals surface area (Å²) in [5, 5.41) is 11.1. The number of carboxylic acids is 1. The van der Waals surface area contributed by atoms with Gasteiger partial charge in [-0.05, 0) is 19.1 Å². The molecule has 1 amide bonds. The number of aliphatic carboxylic acids is 1. The molecule has 1 heterocycles. The van der Waals surface area contributed by atoms with Crippen molar-refractivity contribution in [3.8, 4) is 0 Å². The number of halogens is 1. The van der Waals surface area contributed by atoms with Crippen molar-refractivity contribution in [1.29, 1.82) is 0 Å². The molecule has 2 rings (SSSR count). The molecular formula is C13H14FN3O3. The molecule has 106 valence electrons. The van der Waals surface area contributed by atoms with Gasteiger partial charge >= 0.3 is 5.97 Å². The number of amides is 1. The lowest BCUT2D eigenvalue weighted by atomic mass is 10.3. The maximum absolute atomic E-state index is 13.2. The summed E-state index contributed by atoms with van der Waals surface area (Å²) in [6, 6.07) is 4.20. The minimum atomic E-state index is -1.04. The molecule has 20 heavy (non-hydrogen) atoms. The van der Waals surface area contributed by atoms with E-state index in [1.807, 2.05) is 6.92 Å². The first-order valence-electron chi connectivity index (χ1n) is 6.18. The van der Waals surface area contributed by atoms with Crippen LogP contribution in [0.2, 0.25) is 0 Å². The number of nitrogens with one attached hydrogen (secondary N) is 1. The lowest BCUT2D eigenvalue weighted by Crippen LogP contribution is -2.16. The second kappa shape index (κ2) is 5.68. The molecule has 2 aromatic rings. The molecule has 0 bridgehead atoms. The summed E-state index contributed by atoms with van der Waals surface area (Å²) in [4.78, 5) is 26.2. The molecule has 0 aliphatic carbocycles. The van der Waals surface area contributed by atoms with Gasteiger partial charge in [-0.15, -0.1) is 0 Å². The van der Waals surface area contributed by atoms with Gasteiger partial charge in [-0.25, -0.2) is 9.37 Å². The highest BCUT2D eigenvalue weighted by atomic mass is 19.1. The standard InChI is InChI=1S/C13H14FN3O3/c1-2-17-10-4-3-8(14)7-9(10)15-13(17)16-11(18)5-6-12(19)20/h3-4,7H,2,5-6H2,1H3,(H,19,20)(H,15,16,18). The topological polar surface area (TPSA) is 84.2 Å². The Bertz CT molecular complexity index is 666. The second-order valence-corrected chi connectivity index (χ2v) is 4.25.